The van der Waals surface area contributed by atoms with Crippen LogP contribution in [0.4, 0.5) is 25.2 Å². The first-order valence-electron chi connectivity index (χ1n) is 12.8. The van der Waals surface area contributed by atoms with E-state index in [2.05, 4.69) is 20.3 Å². The van der Waals surface area contributed by atoms with Crippen molar-refractivity contribution in [3.63, 3.8) is 0 Å². The van der Waals surface area contributed by atoms with Gasteiger partial charge < -0.3 is 29.2 Å². The summed E-state index contributed by atoms with van der Waals surface area (Å²) in [5.74, 6) is -1.28. The van der Waals surface area contributed by atoms with Crippen molar-refractivity contribution in [2.75, 3.05) is 32.6 Å². The number of benzene rings is 1. The van der Waals surface area contributed by atoms with Gasteiger partial charge in [-0.1, -0.05) is 0 Å². The van der Waals surface area contributed by atoms with Gasteiger partial charge in [-0.3, -0.25) is 4.98 Å². The molecule has 0 aliphatic carbocycles. The standard InChI is InChI=1S/C28H33F2N5O5/c1-28(2,3)40-27(36)35-10-8-17(9-11-35)21-7-6-18(13-31-21)34-26-32-14-19(15-33-26)39-16-20-24(29)22(37-4)12-23(38-5)25(20)30/h6-7,12-15,17H,8-11,16H2,1-5H3,(H,32,33,34). The minimum Gasteiger partial charge on any atom is -0.494 e. The maximum Gasteiger partial charge on any atom is 0.410 e. The molecule has 0 saturated carbocycles. The highest BCUT2D eigenvalue weighted by Crippen LogP contribution is 2.32. The first-order valence-corrected chi connectivity index (χ1v) is 12.8. The fourth-order valence-corrected chi connectivity index (χ4v) is 4.21. The second-order valence-electron chi connectivity index (χ2n) is 10.3. The summed E-state index contributed by atoms with van der Waals surface area (Å²) in [4.78, 5) is 27.0. The van der Waals surface area contributed by atoms with E-state index in [1.165, 1.54) is 26.6 Å². The van der Waals surface area contributed by atoms with Crippen LogP contribution in [0.3, 0.4) is 0 Å². The summed E-state index contributed by atoms with van der Waals surface area (Å²) in [7, 11) is 2.56. The molecule has 1 aliphatic heterocycles. The molecule has 10 nitrogen and oxygen atoms in total. The molecule has 1 saturated heterocycles. The summed E-state index contributed by atoms with van der Waals surface area (Å²) in [5, 5.41) is 3.06. The molecule has 3 aromatic rings. The van der Waals surface area contributed by atoms with Gasteiger partial charge in [-0.15, -0.1) is 0 Å². The van der Waals surface area contributed by atoms with E-state index in [0.717, 1.165) is 24.6 Å². The van der Waals surface area contributed by atoms with Crippen LogP contribution in [0.5, 0.6) is 17.2 Å². The third kappa shape index (κ3) is 7.04. The molecule has 1 aromatic carbocycles. The molecule has 3 heterocycles. The average molecular weight is 558 g/mol. The van der Waals surface area contributed by atoms with Crippen molar-refractivity contribution >= 4 is 17.7 Å². The Morgan fingerprint density at radius 3 is 2.15 bits per heavy atom. The number of methoxy groups -OCH3 is 2. The number of hydrogen-bond donors (Lipinski definition) is 1. The number of nitrogens with zero attached hydrogens (tertiary/aromatic N) is 4. The third-order valence-corrected chi connectivity index (χ3v) is 6.28. The van der Waals surface area contributed by atoms with E-state index in [1.807, 2.05) is 32.9 Å². The molecule has 1 aliphatic rings. The van der Waals surface area contributed by atoms with E-state index in [1.54, 1.807) is 11.1 Å². The first-order chi connectivity index (χ1) is 19.1. The van der Waals surface area contributed by atoms with Crippen molar-refractivity contribution in [1.29, 1.82) is 0 Å². The summed E-state index contributed by atoms with van der Waals surface area (Å²) in [6.07, 6.45) is 5.81. The molecule has 0 bridgehead atoms. The van der Waals surface area contributed by atoms with Gasteiger partial charge in [0.2, 0.25) is 5.95 Å². The number of likely N-dealkylation sites (tertiary alicyclic amines) is 1. The van der Waals surface area contributed by atoms with Crippen LogP contribution < -0.4 is 19.5 Å². The number of amides is 1. The Bertz CT molecular complexity index is 1280. The zero-order chi connectivity index (χ0) is 28.9. The molecule has 0 atom stereocenters. The van der Waals surface area contributed by atoms with Crippen LogP contribution in [0.15, 0.2) is 36.8 Å². The fraction of sp³-hybridized carbons (Fsp3) is 0.429. The van der Waals surface area contributed by atoms with Crippen molar-refractivity contribution in [2.24, 2.45) is 0 Å². The Kier molecular flexibility index (Phi) is 8.86. The number of rotatable bonds is 8. The number of anilines is 2. The van der Waals surface area contributed by atoms with E-state index in [0.29, 0.717) is 24.7 Å². The van der Waals surface area contributed by atoms with E-state index >= 15 is 0 Å². The molecule has 1 amide bonds. The second-order valence-corrected chi connectivity index (χ2v) is 10.3. The number of aromatic nitrogens is 3. The molecular weight excluding hydrogens is 524 g/mol. The minimum atomic E-state index is -0.871. The maximum absolute atomic E-state index is 14.5. The van der Waals surface area contributed by atoms with E-state index in [-0.39, 0.29) is 34.8 Å². The van der Waals surface area contributed by atoms with Crippen LogP contribution >= 0.6 is 0 Å². The predicted octanol–water partition coefficient (Wildman–Crippen LogP) is 5.60. The molecule has 1 N–H and O–H groups in total. The number of nitrogens with one attached hydrogen (secondary N) is 1. The molecule has 0 radical (unpaired) electrons. The summed E-state index contributed by atoms with van der Waals surface area (Å²) < 4.78 is 49.9. The van der Waals surface area contributed by atoms with Crippen molar-refractivity contribution < 1.29 is 32.5 Å². The van der Waals surface area contributed by atoms with Crippen molar-refractivity contribution in [3.8, 4) is 17.2 Å². The molecular formula is C28H33F2N5O5. The molecule has 2 aromatic heterocycles. The van der Waals surface area contributed by atoms with Gasteiger partial charge in [0.05, 0.1) is 44.1 Å². The molecule has 40 heavy (non-hydrogen) atoms. The third-order valence-electron chi connectivity index (χ3n) is 6.28. The Hall–Kier alpha value is -4.22. The average Bonchev–Trinajstić information content (AvgIpc) is 2.93. The topological polar surface area (TPSA) is 108 Å². The van der Waals surface area contributed by atoms with Gasteiger partial charge in [0.15, 0.2) is 28.9 Å². The number of piperidine rings is 1. The summed E-state index contributed by atoms with van der Waals surface area (Å²) >= 11 is 0. The summed E-state index contributed by atoms with van der Waals surface area (Å²) in [5.41, 5.74) is 0.795. The monoisotopic (exact) mass is 557 g/mol. The number of carbonyl (C=O) groups is 1. The van der Waals surface area contributed by atoms with E-state index in [4.69, 9.17) is 18.9 Å². The van der Waals surface area contributed by atoms with Gasteiger partial charge in [-0.05, 0) is 45.7 Å². The van der Waals surface area contributed by atoms with Crippen LogP contribution in [0, 0.1) is 11.6 Å². The zero-order valence-electron chi connectivity index (χ0n) is 23.2. The van der Waals surface area contributed by atoms with Gasteiger partial charge >= 0.3 is 6.09 Å². The highest BCUT2D eigenvalue weighted by Gasteiger charge is 2.28. The smallest absolute Gasteiger partial charge is 0.410 e. The minimum absolute atomic E-state index is 0.154. The molecule has 214 valence electrons. The second kappa shape index (κ2) is 12.3. The van der Waals surface area contributed by atoms with Crippen LogP contribution in [0.25, 0.3) is 0 Å². The lowest BCUT2D eigenvalue weighted by Gasteiger charge is -2.33. The number of pyridine rings is 1. The van der Waals surface area contributed by atoms with Crippen molar-refractivity contribution in [3.05, 3.63) is 59.7 Å². The van der Waals surface area contributed by atoms with Crippen LogP contribution in [-0.2, 0) is 11.3 Å². The van der Waals surface area contributed by atoms with Crippen molar-refractivity contribution in [1.82, 2.24) is 19.9 Å². The van der Waals surface area contributed by atoms with Gasteiger partial charge in [0.25, 0.3) is 0 Å². The van der Waals surface area contributed by atoms with Gasteiger partial charge in [0, 0.05) is 30.8 Å². The van der Waals surface area contributed by atoms with Gasteiger partial charge in [-0.2, -0.15) is 0 Å². The number of halogens is 2. The van der Waals surface area contributed by atoms with E-state index in [9.17, 15) is 13.6 Å². The van der Waals surface area contributed by atoms with Crippen LogP contribution in [0.2, 0.25) is 0 Å². The van der Waals surface area contributed by atoms with Crippen LogP contribution in [0.1, 0.15) is 50.8 Å². The summed E-state index contributed by atoms with van der Waals surface area (Å²) in [6, 6.07) is 4.96. The lowest BCUT2D eigenvalue weighted by Crippen LogP contribution is -2.41. The molecule has 12 heteroatoms. The molecule has 0 unspecified atom stereocenters. The van der Waals surface area contributed by atoms with E-state index < -0.39 is 23.8 Å². The SMILES string of the molecule is COc1cc(OC)c(F)c(COc2cnc(Nc3ccc(C4CCN(C(=O)OC(C)(C)C)CC4)nc3)nc2)c1F. The zero-order valence-corrected chi connectivity index (χ0v) is 23.2. The van der Waals surface area contributed by atoms with Gasteiger partial charge in [-0.25, -0.2) is 23.5 Å². The molecule has 0 spiro atoms. The highest BCUT2D eigenvalue weighted by molar-refractivity contribution is 5.68. The van der Waals surface area contributed by atoms with Crippen LogP contribution in [-0.4, -0.2) is 58.9 Å². The number of hydrogen-bond acceptors (Lipinski definition) is 9. The lowest BCUT2D eigenvalue weighted by molar-refractivity contribution is 0.0204. The maximum atomic E-state index is 14.5. The van der Waals surface area contributed by atoms with Crippen molar-refractivity contribution in [2.45, 2.75) is 51.7 Å². The Labute approximate surface area is 231 Å². The normalized spacial score (nSPS) is 14.0. The number of carbonyl (C=O) groups excluding carboxylic acids is 1. The Morgan fingerprint density at radius 1 is 1.00 bits per heavy atom. The van der Waals surface area contributed by atoms with Gasteiger partial charge in [0.1, 0.15) is 12.2 Å². The Balaban J connectivity index is 1.30. The quantitative estimate of drug-likeness (QED) is 0.378. The molecule has 1 fully saturated rings. The fourth-order valence-electron chi connectivity index (χ4n) is 4.21. The molecule has 4 rings (SSSR count). The highest BCUT2D eigenvalue weighted by atomic mass is 19.1. The predicted molar refractivity (Wildman–Crippen MR) is 143 cm³/mol. The summed E-state index contributed by atoms with van der Waals surface area (Å²) in [6.45, 7) is 6.40. The number of ether oxygens (including phenoxy) is 4. The lowest BCUT2D eigenvalue weighted by atomic mass is 9.93. The Morgan fingerprint density at radius 2 is 1.62 bits per heavy atom. The largest absolute Gasteiger partial charge is 0.494 e. The first kappa shape index (κ1) is 28.8.